The van der Waals surface area contributed by atoms with E-state index in [1.54, 1.807) is 26.0 Å². The van der Waals surface area contributed by atoms with Crippen LogP contribution in [0.5, 0.6) is 0 Å². The molecular formula is C21H24N2O6S. The van der Waals surface area contributed by atoms with Crippen molar-refractivity contribution in [1.29, 1.82) is 0 Å². The largest absolute Gasteiger partial charge is 0.451 e. The van der Waals surface area contributed by atoms with Gasteiger partial charge >= 0.3 is 5.97 Å². The third kappa shape index (κ3) is 4.02. The van der Waals surface area contributed by atoms with Crippen molar-refractivity contribution in [2.45, 2.75) is 40.2 Å². The number of ether oxygens (including phenoxy) is 1. The Morgan fingerprint density at radius 1 is 1.20 bits per heavy atom. The van der Waals surface area contributed by atoms with E-state index in [4.69, 9.17) is 4.74 Å². The Balaban J connectivity index is 1.78. The minimum absolute atomic E-state index is 0.0738. The van der Waals surface area contributed by atoms with Gasteiger partial charge < -0.3 is 9.72 Å². The van der Waals surface area contributed by atoms with Gasteiger partial charge in [-0.15, -0.1) is 0 Å². The van der Waals surface area contributed by atoms with Crippen LogP contribution in [0.1, 0.15) is 62.7 Å². The van der Waals surface area contributed by atoms with Crippen LogP contribution in [0.25, 0.3) is 0 Å². The smallest absolute Gasteiger partial charge is 0.338 e. The molecule has 1 aliphatic heterocycles. The minimum Gasteiger partial charge on any atom is -0.451 e. The summed E-state index contributed by atoms with van der Waals surface area (Å²) >= 11 is 0. The topological polar surface area (TPSA) is 114 Å². The number of benzene rings is 1. The number of nitrogens with zero attached hydrogens (tertiary/aromatic N) is 1. The maximum Gasteiger partial charge on any atom is 0.338 e. The first-order valence-corrected chi connectivity index (χ1v) is 11.2. The average molecular weight is 432 g/mol. The van der Waals surface area contributed by atoms with Crippen LogP contribution >= 0.6 is 0 Å². The molecule has 0 aliphatic carbocycles. The number of ketones is 2. The second-order valence-electron chi connectivity index (χ2n) is 7.39. The lowest BCUT2D eigenvalue weighted by Gasteiger charge is -2.18. The van der Waals surface area contributed by atoms with Gasteiger partial charge in [-0.25, -0.2) is 13.2 Å². The highest BCUT2D eigenvalue weighted by Gasteiger charge is 2.30. The normalized spacial score (nSPS) is 16.3. The van der Waals surface area contributed by atoms with E-state index in [1.165, 1.54) is 30.3 Å². The van der Waals surface area contributed by atoms with Crippen LogP contribution in [0.2, 0.25) is 0 Å². The molecule has 1 atom stereocenters. The predicted molar refractivity (Wildman–Crippen MR) is 112 cm³/mol. The van der Waals surface area contributed by atoms with Gasteiger partial charge in [0.2, 0.25) is 15.8 Å². The first-order valence-electron chi connectivity index (χ1n) is 9.58. The number of Topliss-reactive ketones (excluding diaryl/α,β-unsaturated/α-hetero) is 2. The lowest BCUT2D eigenvalue weighted by Crippen LogP contribution is -2.26. The Morgan fingerprint density at radius 2 is 1.90 bits per heavy atom. The number of aromatic amines is 1. The highest BCUT2D eigenvalue weighted by Crippen LogP contribution is 2.25. The van der Waals surface area contributed by atoms with Crippen LogP contribution in [-0.4, -0.2) is 49.3 Å². The first-order chi connectivity index (χ1) is 14.0. The fourth-order valence-electron chi connectivity index (χ4n) is 3.73. The number of hydrogen-bond donors (Lipinski definition) is 1. The van der Waals surface area contributed by atoms with Crippen LogP contribution < -0.4 is 4.31 Å². The van der Waals surface area contributed by atoms with Gasteiger partial charge in [0, 0.05) is 17.8 Å². The number of aryl methyl sites for hydroxylation is 1. The molecule has 0 bridgehead atoms. The summed E-state index contributed by atoms with van der Waals surface area (Å²) in [5, 5.41) is 0. The van der Waals surface area contributed by atoms with Crippen LogP contribution in [0.15, 0.2) is 24.3 Å². The van der Waals surface area contributed by atoms with E-state index in [0.29, 0.717) is 35.5 Å². The number of rotatable bonds is 6. The maximum atomic E-state index is 12.8. The third-order valence-electron chi connectivity index (χ3n) is 5.16. The van der Waals surface area contributed by atoms with Crippen LogP contribution in [0.3, 0.4) is 0 Å². The quantitative estimate of drug-likeness (QED) is 0.555. The van der Waals surface area contributed by atoms with Gasteiger partial charge in [0.15, 0.2) is 11.9 Å². The number of hydrogen-bond acceptors (Lipinski definition) is 6. The van der Waals surface area contributed by atoms with Crippen LogP contribution in [-0.2, 0) is 14.8 Å². The third-order valence-corrected chi connectivity index (χ3v) is 7.03. The molecule has 9 heteroatoms. The Kier molecular flexibility index (Phi) is 5.85. The summed E-state index contributed by atoms with van der Waals surface area (Å²) in [4.78, 5) is 40.0. The number of aromatic nitrogens is 1. The monoisotopic (exact) mass is 432 g/mol. The Bertz CT molecular complexity index is 1130. The first kappa shape index (κ1) is 21.8. The minimum atomic E-state index is -3.37. The van der Waals surface area contributed by atoms with Gasteiger partial charge in [-0.1, -0.05) is 6.07 Å². The molecule has 0 amide bonds. The number of nitrogens with one attached hydrogen (secondary N) is 1. The van der Waals surface area contributed by atoms with Gasteiger partial charge in [-0.3, -0.25) is 13.9 Å². The second kappa shape index (κ2) is 8.06. The highest BCUT2D eigenvalue weighted by atomic mass is 32.2. The zero-order chi connectivity index (χ0) is 22.2. The molecule has 1 saturated heterocycles. The zero-order valence-corrected chi connectivity index (χ0v) is 18.1. The van der Waals surface area contributed by atoms with Crippen molar-refractivity contribution in [2.75, 3.05) is 16.6 Å². The van der Waals surface area contributed by atoms with Crippen molar-refractivity contribution < 1.29 is 27.5 Å². The number of anilines is 1. The van der Waals surface area contributed by atoms with E-state index in [-0.39, 0.29) is 22.8 Å². The highest BCUT2D eigenvalue weighted by molar-refractivity contribution is 7.93. The summed E-state index contributed by atoms with van der Waals surface area (Å²) in [5.74, 6) is -1.26. The average Bonchev–Trinajstić information content (AvgIpc) is 3.18. The van der Waals surface area contributed by atoms with Crippen molar-refractivity contribution in [3.8, 4) is 0 Å². The van der Waals surface area contributed by atoms with E-state index in [9.17, 15) is 22.8 Å². The molecule has 0 saturated carbocycles. The van der Waals surface area contributed by atoms with Gasteiger partial charge in [0.25, 0.3) is 0 Å². The van der Waals surface area contributed by atoms with Crippen molar-refractivity contribution in [1.82, 2.24) is 4.98 Å². The number of sulfonamides is 1. The molecule has 1 N–H and O–H groups in total. The van der Waals surface area contributed by atoms with E-state index in [0.717, 1.165) is 0 Å². The zero-order valence-electron chi connectivity index (χ0n) is 17.3. The fraction of sp³-hybridized carbons (Fsp3) is 0.381. The second-order valence-corrected chi connectivity index (χ2v) is 9.40. The summed E-state index contributed by atoms with van der Waals surface area (Å²) in [5.41, 5.74) is 2.34. The predicted octanol–water partition coefficient (Wildman–Crippen LogP) is 2.80. The molecule has 1 aromatic heterocycles. The van der Waals surface area contributed by atoms with Crippen LogP contribution in [0.4, 0.5) is 5.69 Å². The molecule has 0 radical (unpaired) electrons. The molecule has 1 aliphatic rings. The van der Waals surface area contributed by atoms with Crippen molar-refractivity contribution in [3.05, 3.63) is 52.3 Å². The van der Waals surface area contributed by atoms with Gasteiger partial charge in [-0.2, -0.15) is 0 Å². The molecule has 30 heavy (non-hydrogen) atoms. The molecule has 8 nitrogen and oxygen atoms in total. The molecule has 2 aromatic rings. The summed E-state index contributed by atoms with van der Waals surface area (Å²) in [6.07, 6.45) is -0.562. The molecule has 1 fully saturated rings. The Labute approximate surface area is 175 Å². The molecule has 2 heterocycles. The van der Waals surface area contributed by atoms with Gasteiger partial charge in [0.05, 0.1) is 22.7 Å². The summed E-state index contributed by atoms with van der Waals surface area (Å²) in [7, 11) is -3.37. The Morgan fingerprint density at radius 3 is 2.47 bits per heavy atom. The Hall–Kier alpha value is -2.94. The number of carbonyl (C=O) groups is 3. The fourth-order valence-corrected chi connectivity index (χ4v) is 5.28. The molecule has 1 aromatic carbocycles. The molecule has 160 valence electrons. The number of esters is 1. The van der Waals surface area contributed by atoms with Gasteiger partial charge in [0.1, 0.15) is 0 Å². The van der Waals surface area contributed by atoms with Crippen LogP contribution in [0, 0.1) is 13.8 Å². The number of H-pyrrole nitrogens is 1. The standard InChI is InChI=1S/C21H24N2O6S/c1-12-18(14(3)24)13(2)22-19(12)20(25)15(4)29-21(26)16-7-5-8-17(11-16)23-9-6-10-30(23,27)28/h5,7-8,11,15,22H,6,9-10H2,1-4H3/t15-/m1/s1. The van der Waals surface area contributed by atoms with E-state index in [1.807, 2.05) is 0 Å². The summed E-state index contributed by atoms with van der Waals surface area (Å²) < 4.78 is 30.8. The lowest BCUT2D eigenvalue weighted by molar-refractivity contribution is 0.0317. The molecule has 0 spiro atoms. The number of carbonyl (C=O) groups excluding carboxylic acids is 3. The van der Waals surface area contributed by atoms with Crippen molar-refractivity contribution in [2.24, 2.45) is 0 Å². The molecule has 0 unspecified atom stereocenters. The van der Waals surface area contributed by atoms with Crippen molar-refractivity contribution >= 4 is 33.2 Å². The molecule has 3 rings (SSSR count). The van der Waals surface area contributed by atoms with E-state index < -0.39 is 27.9 Å². The maximum absolute atomic E-state index is 12.8. The van der Waals surface area contributed by atoms with Crippen molar-refractivity contribution in [3.63, 3.8) is 0 Å². The SMILES string of the molecule is CC(=O)c1c(C)[nH]c(C(=O)[C@@H](C)OC(=O)c2cccc(N3CCCS3(=O)=O)c2)c1C. The van der Waals surface area contributed by atoms with E-state index in [2.05, 4.69) is 4.98 Å². The summed E-state index contributed by atoms with van der Waals surface area (Å²) in [6.45, 7) is 6.61. The lowest BCUT2D eigenvalue weighted by atomic mass is 10.0. The van der Waals surface area contributed by atoms with E-state index >= 15 is 0 Å². The molecular weight excluding hydrogens is 408 g/mol. The summed E-state index contributed by atoms with van der Waals surface area (Å²) in [6, 6.07) is 6.14. The van der Waals surface area contributed by atoms with Gasteiger partial charge in [-0.05, 0) is 57.9 Å².